The van der Waals surface area contributed by atoms with Crippen molar-refractivity contribution in [1.82, 2.24) is 10.6 Å². The van der Waals surface area contributed by atoms with Gasteiger partial charge in [-0.2, -0.15) is 0 Å². The van der Waals surface area contributed by atoms with E-state index in [1.54, 1.807) is 12.1 Å². The highest BCUT2D eigenvalue weighted by molar-refractivity contribution is 5.94. The lowest BCUT2D eigenvalue weighted by molar-refractivity contribution is -0.123. The topological polar surface area (TPSA) is 58.2 Å². The summed E-state index contributed by atoms with van der Waals surface area (Å²) < 4.78 is 0. The highest BCUT2D eigenvalue weighted by Crippen LogP contribution is 2.26. The molecule has 1 aromatic carbocycles. The molecule has 128 valence electrons. The van der Waals surface area contributed by atoms with Crippen molar-refractivity contribution >= 4 is 11.8 Å². The van der Waals surface area contributed by atoms with Gasteiger partial charge in [-0.3, -0.25) is 9.59 Å². The summed E-state index contributed by atoms with van der Waals surface area (Å²) in [7, 11) is 0. The van der Waals surface area contributed by atoms with E-state index in [1.165, 1.54) is 0 Å². The molecule has 0 aliphatic carbocycles. The van der Waals surface area contributed by atoms with Gasteiger partial charge in [-0.1, -0.05) is 39.0 Å². The van der Waals surface area contributed by atoms with Gasteiger partial charge in [0, 0.05) is 23.6 Å². The summed E-state index contributed by atoms with van der Waals surface area (Å²) in [4.78, 5) is 24.3. The second kappa shape index (κ2) is 7.62. The lowest BCUT2D eigenvalue weighted by atomic mass is 9.81. The first-order valence-electron chi connectivity index (χ1n) is 8.15. The lowest BCUT2D eigenvalue weighted by Crippen LogP contribution is -2.47. The lowest BCUT2D eigenvalue weighted by Gasteiger charge is -2.33. The smallest absolute Gasteiger partial charge is 0.251 e. The first-order chi connectivity index (χ1) is 10.5. The number of amides is 2. The van der Waals surface area contributed by atoms with Crippen LogP contribution in [0.3, 0.4) is 0 Å². The van der Waals surface area contributed by atoms with Crippen LogP contribution in [0.15, 0.2) is 30.3 Å². The first kappa shape index (κ1) is 19.2. The van der Waals surface area contributed by atoms with Crippen LogP contribution in [0.5, 0.6) is 0 Å². The van der Waals surface area contributed by atoms with Crippen LogP contribution in [-0.4, -0.2) is 23.4 Å². The van der Waals surface area contributed by atoms with Gasteiger partial charge in [0.25, 0.3) is 5.91 Å². The zero-order valence-electron chi connectivity index (χ0n) is 15.2. The highest BCUT2D eigenvalue weighted by Gasteiger charge is 2.27. The number of benzene rings is 1. The van der Waals surface area contributed by atoms with E-state index in [1.807, 2.05) is 39.0 Å². The van der Waals surface area contributed by atoms with Gasteiger partial charge in [0.1, 0.15) is 0 Å². The number of rotatable bonds is 6. The Morgan fingerprint density at radius 3 is 2.13 bits per heavy atom. The van der Waals surface area contributed by atoms with Crippen LogP contribution in [0.1, 0.15) is 64.7 Å². The van der Waals surface area contributed by atoms with Gasteiger partial charge in [-0.05, 0) is 44.7 Å². The largest absolute Gasteiger partial charge is 0.351 e. The maximum Gasteiger partial charge on any atom is 0.251 e. The molecular formula is C19H30N2O2. The van der Waals surface area contributed by atoms with E-state index in [4.69, 9.17) is 0 Å². The van der Waals surface area contributed by atoms with Crippen molar-refractivity contribution in [3.05, 3.63) is 35.9 Å². The Balaban J connectivity index is 2.49. The van der Waals surface area contributed by atoms with Crippen molar-refractivity contribution in [3.63, 3.8) is 0 Å². The fourth-order valence-corrected chi connectivity index (χ4v) is 3.02. The molecule has 1 aromatic rings. The van der Waals surface area contributed by atoms with Gasteiger partial charge in [-0.25, -0.2) is 0 Å². The molecule has 4 nitrogen and oxygen atoms in total. The molecule has 1 atom stereocenters. The molecule has 0 bridgehead atoms. The second-order valence-electron chi connectivity index (χ2n) is 8.11. The minimum Gasteiger partial charge on any atom is -0.351 e. The second-order valence-corrected chi connectivity index (χ2v) is 8.11. The van der Waals surface area contributed by atoms with Crippen LogP contribution in [0.2, 0.25) is 0 Å². The average Bonchev–Trinajstić information content (AvgIpc) is 2.35. The van der Waals surface area contributed by atoms with Crippen LogP contribution < -0.4 is 10.6 Å². The van der Waals surface area contributed by atoms with Gasteiger partial charge >= 0.3 is 0 Å². The molecule has 4 heteroatoms. The fourth-order valence-electron chi connectivity index (χ4n) is 3.02. The number of carbonyl (C=O) groups excluding carboxylic acids is 2. The van der Waals surface area contributed by atoms with E-state index in [0.29, 0.717) is 5.56 Å². The minimum atomic E-state index is -0.265. The van der Waals surface area contributed by atoms with E-state index < -0.39 is 0 Å². The van der Waals surface area contributed by atoms with E-state index in [0.717, 1.165) is 6.42 Å². The molecule has 1 rings (SSSR count). The van der Waals surface area contributed by atoms with Crippen LogP contribution in [-0.2, 0) is 4.79 Å². The predicted molar refractivity (Wildman–Crippen MR) is 94.3 cm³/mol. The van der Waals surface area contributed by atoms with Gasteiger partial charge in [0.2, 0.25) is 5.91 Å². The van der Waals surface area contributed by atoms with Gasteiger partial charge < -0.3 is 10.6 Å². The molecule has 23 heavy (non-hydrogen) atoms. The summed E-state index contributed by atoms with van der Waals surface area (Å²) in [6.07, 6.45) is 1.16. The molecule has 1 unspecified atom stereocenters. The number of hydrogen-bond donors (Lipinski definition) is 2. The third-order valence-corrected chi connectivity index (χ3v) is 3.36. The van der Waals surface area contributed by atoms with E-state index in [9.17, 15) is 9.59 Å². The summed E-state index contributed by atoms with van der Waals surface area (Å²) in [6.45, 7) is 12.4. The van der Waals surface area contributed by atoms with Crippen molar-refractivity contribution in [2.75, 3.05) is 0 Å². The Morgan fingerprint density at radius 1 is 1.04 bits per heavy atom. The summed E-state index contributed by atoms with van der Waals surface area (Å²) in [5.41, 5.74) is 0.482. The normalized spacial score (nSPS) is 13.3. The van der Waals surface area contributed by atoms with E-state index >= 15 is 0 Å². The number of carbonyl (C=O) groups is 2. The Kier molecular flexibility index (Phi) is 6.37. The van der Waals surface area contributed by atoms with Crippen molar-refractivity contribution in [2.45, 2.75) is 66.0 Å². The molecule has 0 fully saturated rings. The van der Waals surface area contributed by atoms with Gasteiger partial charge in [0.05, 0.1) is 0 Å². The van der Waals surface area contributed by atoms with Crippen molar-refractivity contribution < 1.29 is 9.59 Å². The Bertz CT molecular complexity index is 530. The molecule has 2 amide bonds. The SMILES string of the molecule is CC(CC(=O)NC(C)(C)CC(C)(C)C)NC(=O)c1ccccc1. The Morgan fingerprint density at radius 2 is 1.61 bits per heavy atom. The van der Waals surface area contributed by atoms with E-state index in [2.05, 4.69) is 31.4 Å². The molecule has 0 aliphatic heterocycles. The van der Waals surface area contributed by atoms with Gasteiger partial charge in [0.15, 0.2) is 0 Å². The highest BCUT2D eigenvalue weighted by atomic mass is 16.2. The minimum absolute atomic E-state index is 0.0416. The maximum atomic E-state index is 12.2. The maximum absolute atomic E-state index is 12.2. The van der Waals surface area contributed by atoms with E-state index in [-0.39, 0.29) is 35.2 Å². The third kappa shape index (κ3) is 7.82. The summed E-state index contributed by atoms with van der Waals surface area (Å²) in [5, 5.41) is 5.93. The van der Waals surface area contributed by atoms with Crippen LogP contribution in [0.25, 0.3) is 0 Å². The zero-order valence-corrected chi connectivity index (χ0v) is 15.2. The molecule has 0 spiro atoms. The predicted octanol–water partition coefficient (Wildman–Crippen LogP) is 3.53. The van der Waals surface area contributed by atoms with Crippen LogP contribution in [0.4, 0.5) is 0 Å². The molecule has 0 aromatic heterocycles. The van der Waals surface area contributed by atoms with Crippen molar-refractivity contribution in [1.29, 1.82) is 0 Å². The summed E-state index contributed by atoms with van der Waals surface area (Å²) in [5.74, 6) is -0.194. The molecular weight excluding hydrogens is 288 g/mol. The average molecular weight is 318 g/mol. The molecule has 2 N–H and O–H groups in total. The Hall–Kier alpha value is -1.84. The summed E-state index contributed by atoms with van der Waals surface area (Å²) in [6, 6.07) is 8.81. The third-order valence-electron chi connectivity index (χ3n) is 3.36. The molecule has 0 heterocycles. The molecule has 0 aliphatic rings. The van der Waals surface area contributed by atoms with Crippen LogP contribution in [0, 0.1) is 5.41 Å². The van der Waals surface area contributed by atoms with Gasteiger partial charge in [-0.15, -0.1) is 0 Å². The monoisotopic (exact) mass is 318 g/mol. The fraction of sp³-hybridized carbons (Fsp3) is 0.579. The quantitative estimate of drug-likeness (QED) is 0.843. The Labute approximate surface area is 140 Å². The summed E-state index contributed by atoms with van der Waals surface area (Å²) >= 11 is 0. The zero-order chi connectivity index (χ0) is 17.7. The first-order valence-corrected chi connectivity index (χ1v) is 8.15. The molecule has 0 saturated heterocycles. The number of nitrogens with one attached hydrogen (secondary N) is 2. The van der Waals surface area contributed by atoms with Crippen molar-refractivity contribution in [2.24, 2.45) is 5.41 Å². The van der Waals surface area contributed by atoms with Crippen molar-refractivity contribution in [3.8, 4) is 0 Å². The number of hydrogen-bond acceptors (Lipinski definition) is 2. The molecule has 0 saturated carbocycles. The standard InChI is InChI=1S/C19H30N2O2/c1-14(20-17(23)15-10-8-7-9-11-15)12-16(22)21-19(5,6)13-18(2,3)4/h7-11,14H,12-13H2,1-6H3,(H,20,23)(H,21,22). The van der Waals surface area contributed by atoms with Crippen LogP contribution >= 0.6 is 0 Å². The molecule has 0 radical (unpaired) electrons.